The number of H-pyrrole nitrogens is 1. The highest BCUT2D eigenvalue weighted by atomic mass is 31.3. The van der Waals surface area contributed by atoms with Gasteiger partial charge in [0.1, 0.15) is 24.4 Å². The van der Waals surface area contributed by atoms with Gasteiger partial charge in [-0.1, -0.05) is 6.92 Å². The Hall–Kier alpha value is -0.990. The van der Waals surface area contributed by atoms with Crippen LogP contribution in [0.5, 0.6) is 0 Å². The monoisotopic (exact) mass is 508 g/mol. The summed E-state index contributed by atoms with van der Waals surface area (Å²) >= 11 is 0. The number of nitrogens with zero attached hydrogens (tertiary/aromatic N) is 1. The van der Waals surface area contributed by atoms with Gasteiger partial charge in [0.15, 0.2) is 0 Å². The maximum Gasteiger partial charge on any atom is 0.492 e. The highest BCUT2D eigenvalue weighted by Gasteiger charge is 2.55. The molecule has 1 aromatic heterocycles. The summed E-state index contributed by atoms with van der Waals surface area (Å²) < 4.78 is 58.2. The fourth-order valence-corrected chi connectivity index (χ4v) is 7.85. The summed E-state index contributed by atoms with van der Waals surface area (Å²) in [6.45, 7) is 1.12. The predicted molar refractivity (Wildman–Crippen MR) is 97.7 cm³/mol. The summed E-state index contributed by atoms with van der Waals surface area (Å²) in [6.07, 6.45) is -4.60. The number of aromatic amines is 1. The van der Waals surface area contributed by atoms with Crippen molar-refractivity contribution in [2.24, 2.45) is 0 Å². The van der Waals surface area contributed by atoms with Crippen molar-refractivity contribution in [3.8, 4) is 0 Å². The van der Waals surface area contributed by atoms with Gasteiger partial charge in [-0.3, -0.25) is 14.3 Å². The highest BCUT2D eigenvalue weighted by molar-refractivity contribution is 7.74. The first-order valence-electron chi connectivity index (χ1n) is 8.65. The minimum Gasteiger partial charge on any atom is -0.387 e. The molecule has 3 heterocycles. The number of aliphatic hydroxyl groups is 2. The number of ether oxygens (including phenoxy) is 1. The molecule has 0 saturated carbocycles. The maximum atomic E-state index is 12.3. The molecule has 2 fully saturated rings. The number of aryl methyl sites for hydroxylation is 1. The van der Waals surface area contributed by atoms with Crippen molar-refractivity contribution in [2.75, 3.05) is 6.61 Å². The molecule has 2 aliphatic rings. The second kappa shape index (κ2) is 8.75. The fourth-order valence-electron chi connectivity index (χ4n) is 2.92. The Kier molecular flexibility index (Phi) is 6.95. The van der Waals surface area contributed by atoms with Crippen molar-refractivity contribution >= 4 is 23.5 Å². The zero-order valence-electron chi connectivity index (χ0n) is 15.7. The van der Waals surface area contributed by atoms with Crippen LogP contribution in [0.1, 0.15) is 25.0 Å². The molecule has 3 rings (SSSR count). The first-order valence-corrected chi connectivity index (χ1v) is 13.1. The Morgan fingerprint density at radius 3 is 2.29 bits per heavy atom. The largest absolute Gasteiger partial charge is 0.492 e. The fraction of sp³-hybridized carbons (Fsp3) is 0.667. The van der Waals surface area contributed by atoms with Crippen LogP contribution in [0.15, 0.2) is 15.8 Å². The molecule has 5 N–H and O–H groups in total. The van der Waals surface area contributed by atoms with E-state index < -0.39 is 65.7 Å². The van der Waals surface area contributed by atoms with Crippen LogP contribution < -0.4 is 11.2 Å². The van der Waals surface area contributed by atoms with Crippen molar-refractivity contribution in [3.63, 3.8) is 0 Å². The normalized spacial score (nSPS) is 40.8. The average Bonchev–Trinajstić information content (AvgIpc) is 2.88. The zero-order chi connectivity index (χ0) is 23.2. The quantitative estimate of drug-likeness (QED) is 0.305. The molecule has 0 radical (unpaired) electrons. The van der Waals surface area contributed by atoms with Crippen LogP contribution in [0.3, 0.4) is 0 Å². The highest BCUT2D eigenvalue weighted by Crippen LogP contribution is 2.80. The lowest BCUT2D eigenvalue weighted by atomic mass is 10.0. The molecule has 0 aromatic carbocycles. The van der Waals surface area contributed by atoms with Crippen molar-refractivity contribution < 1.29 is 55.9 Å². The van der Waals surface area contributed by atoms with E-state index in [-0.39, 0.29) is 12.1 Å². The number of rotatable bonds is 6. The third kappa shape index (κ3) is 5.50. The number of aliphatic hydroxyl groups excluding tert-OH is 2. The van der Waals surface area contributed by atoms with E-state index in [4.69, 9.17) is 4.74 Å². The Labute approximate surface area is 173 Å². The van der Waals surface area contributed by atoms with E-state index in [1.807, 2.05) is 0 Å². The van der Waals surface area contributed by atoms with Crippen LogP contribution in [0.4, 0.5) is 0 Å². The average molecular weight is 508 g/mol. The zero-order valence-corrected chi connectivity index (χ0v) is 18.4. The number of aromatic nitrogens is 2. The Bertz CT molecular complexity index is 1070. The van der Waals surface area contributed by atoms with Crippen LogP contribution in [-0.2, 0) is 42.4 Å². The minimum absolute atomic E-state index is 0.188. The molecule has 0 spiro atoms. The molecule has 16 nitrogen and oxygen atoms in total. The van der Waals surface area contributed by atoms with Crippen molar-refractivity contribution in [1.82, 2.24) is 9.55 Å². The van der Waals surface area contributed by atoms with Gasteiger partial charge in [-0.25, -0.2) is 18.5 Å². The molecular weight excluding hydrogens is 489 g/mol. The standard InChI is InChI=1S/C12H19N2O14P3/c1-2-3-14-4-6(11(17)13-12(14)18)10-9(16)8(15)7(25-10)5-24-31(23)27-29(19,20)26-30(21,22)28-31/h4,7-10,15-16H,2-3,5H2,1H3,(H,19,20)(H,21,22)(H,13,17,18)/t7-,8+,9+,10+/m1/s1. The van der Waals surface area contributed by atoms with Crippen LogP contribution in [0.2, 0.25) is 0 Å². The smallest absolute Gasteiger partial charge is 0.387 e. The number of hydrogen-bond donors (Lipinski definition) is 5. The molecule has 19 heteroatoms. The second-order valence-electron chi connectivity index (χ2n) is 6.54. The van der Waals surface area contributed by atoms with Crippen LogP contribution in [-0.4, -0.2) is 54.5 Å². The van der Waals surface area contributed by atoms with Gasteiger partial charge in [0.2, 0.25) is 0 Å². The SMILES string of the molecule is CCCn1cc([C@@H]2O[C@H](COP3(=O)OP(=O)(O)OP(=O)(O)O3)[C@H](O)[C@@H]2O)c(=O)[nH]c1=O. The molecule has 2 saturated heterocycles. The third-order valence-electron chi connectivity index (χ3n) is 4.18. The van der Waals surface area contributed by atoms with Crippen LogP contribution >= 0.6 is 23.5 Å². The first kappa shape index (κ1) is 24.6. The van der Waals surface area contributed by atoms with Gasteiger partial charge < -0.3 is 29.3 Å². The topological polar surface area (TPSA) is 233 Å². The molecule has 0 amide bonds. The summed E-state index contributed by atoms with van der Waals surface area (Å²) in [4.78, 5) is 44.4. The minimum atomic E-state index is -5.26. The van der Waals surface area contributed by atoms with Gasteiger partial charge in [-0.2, -0.15) is 12.9 Å². The summed E-state index contributed by atoms with van der Waals surface area (Å²) in [5.74, 6) is 0. The van der Waals surface area contributed by atoms with Crippen molar-refractivity contribution in [2.45, 2.75) is 44.3 Å². The van der Waals surface area contributed by atoms with Crippen molar-refractivity contribution in [1.29, 1.82) is 0 Å². The van der Waals surface area contributed by atoms with Gasteiger partial charge in [0.05, 0.1) is 12.2 Å². The predicted octanol–water partition coefficient (Wildman–Crippen LogP) is -0.503. The van der Waals surface area contributed by atoms with E-state index in [9.17, 15) is 43.3 Å². The Morgan fingerprint density at radius 1 is 1.10 bits per heavy atom. The summed E-state index contributed by atoms with van der Waals surface area (Å²) in [7, 11) is -15.6. The third-order valence-corrected chi connectivity index (χ3v) is 9.55. The molecular formula is C12H19N2O14P3. The molecule has 0 aliphatic carbocycles. The number of nitrogens with one attached hydrogen (secondary N) is 1. The molecule has 1 aromatic rings. The molecule has 176 valence electrons. The lowest BCUT2D eigenvalue weighted by Gasteiger charge is -2.27. The van der Waals surface area contributed by atoms with E-state index in [2.05, 4.69) is 22.4 Å². The van der Waals surface area contributed by atoms with E-state index in [0.717, 1.165) is 6.20 Å². The van der Waals surface area contributed by atoms with E-state index in [0.29, 0.717) is 6.42 Å². The summed E-state index contributed by atoms with van der Waals surface area (Å²) in [5, 5.41) is 20.5. The molecule has 31 heavy (non-hydrogen) atoms. The lowest BCUT2D eigenvalue weighted by Crippen LogP contribution is -2.36. The van der Waals surface area contributed by atoms with Gasteiger partial charge in [0, 0.05) is 12.7 Å². The number of phosphoric acid groups is 3. The molecule has 0 bridgehead atoms. The van der Waals surface area contributed by atoms with E-state index >= 15 is 0 Å². The van der Waals surface area contributed by atoms with Gasteiger partial charge in [-0.15, -0.1) is 0 Å². The first-order chi connectivity index (χ1) is 14.3. The molecule has 2 aliphatic heterocycles. The van der Waals surface area contributed by atoms with Crippen molar-refractivity contribution in [3.05, 3.63) is 32.6 Å². The van der Waals surface area contributed by atoms with Crippen LogP contribution in [0, 0.1) is 0 Å². The number of hydrogen-bond acceptors (Lipinski definition) is 12. The van der Waals surface area contributed by atoms with Gasteiger partial charge in [-0.05, 0) is 6.42 Å². The van der Waals surface area contributed by atoms with Gasteiger partial charge >= 0.3 is 29.2 Å². The maximum absolute atomic E-state index is 12.3. The van der Waals surface area contributed by atoms with E-state index in [1.165, 1.54) is 4.57 Å². The molecule has 2 unspecified atom stereocenters. The van der Waals surface area contributed by atoms with Gasteiger partial charge in [0.25, 0.3) is 5.56 Å². The molecule has 6 atom stereocenters. The van der Waals surface area contributed by atoms with E-state index in [1.54, 1.807) is 6.92 Å². The second-order valence-corrected chi connectivity index (χ2v) is 11.5. The Morgan fingerprint density at radius 2 is 1.71 bits per heavy atom. The van der Waals surface area contributed by atoms with Crippen LogP contribution in [0.25, 0.3) is 0 Å². The Balaban J connectivity index is 1.78. The summed E-state index contributed by atoms with van der Waals surface area (Å²) in [5.41, 5.74) is -1.74. The lowest BCUT2D eigenvalue weighted by molar-refractivity contribution is -0.0236. The summed E-state index contributed by atoms with van der Waals surface area (Å²) in [6, 6.07) is 0.